The molecule has 0 aliphatic carbocycles. The number of aryl methyl sites for hydroxylation is 3. The lowest BCUT2D eigenvalue weighted by Gasteiger charge is -2.23. The molecule has 0 bridgehead atoms. The molecule has 0 fully saturated rings. The Labute approximate surface area is 136 Å². The quantitative estimate of drug-likeness (QED) is 0.655. The number of amides is 2. The van der Waals surface area contributed by atoms with Gasteiger partial charge in [0.2, 0.25) is 5.82 Å². The topological polar surface area (TPSA) is 119 Å². The molecule has 23 heavy (non-hydrogen) atoms. The van der Waals surface area contributed by atoms with Crippen LogP contribution in [0.25, 0.3) is 0 Å². The van der Waals surface area contributed by atoms with Crippen LogP contribution >= 0.6 is 11.6 Å². The van der Waals surface area contributed by atoms with E-state index in [9.17, 15) is 14.9 Å². The smallest absolute Gasteiger partial charge is 0.339 e. The highest BCUT2D eigenvalue weighted by Crippen LogP contribution is 2.33. The second kappa shape index (κ2) is 6.13. The number of nitrogens with two attached hydrogens (primary N) is 1. The average Bonchev–Trinajstić information content (AvgIpc) is 2.72. The van der Waals surface area contributed by atoms with E-state index < -0.39 is 11.0 Å². The summed E-state index contributed by atoms with van der Waals surface area (Å²) in [5.74, 6) is -0.0840. The van der Waals surface area contributed by atoms with Crippen LogP contribution in [0.15, 0.2) is 18.2 Å². The fourth-order valence-corrected chi connectivity index (χ4v) is 2.46. The number of nitrogens with zero attached hydrogens (tertiary/aromatic N) is 4. The van der Waals surface area contributed by atoms with E-state index in [2.05, 4.69) is 10.5 Å². The molecule has 1 aromatic carbocycles. The number of carbonyl (C=O) groups is 1. The number of halogens is 1. The van der Waals surface area contributed by atoms with E-state index in [1.54, 1.807) is 25.1 Å². The van der Waals surface area contributed by atoms with E-state index in [1.165, 1.54) is 18.7 Å². The summed E-state index contributed by atoms with van der Waals surface area (Å²) in [5, 5.41) is 16.5. The Morgan fingerprint density at radius 1 is 1.48 bits per heavy atom. The van der Waals surface area contributed by atoms with Crippen molar-refractivity contribution in [1.29, 1.82) is 0 Å². The van der Waals surface area contributed by atoms with E-state index in [4.69, 9.17) is 17.3 Å². The lowest BCUT2D eigenvalue weighted by Crippen LogP contribution is -2.42. The minimum absolute atomic E-state index is 0.0840. The zero-order chi connectivity index (χ0) is 17.3. The number of benzene rings is 1. The molecule has 2 aromatic rings. The van der Waals surface area contributed by atoms with Crippen molar-refractivity contribution in [2.24, 2.45) is 12.8 Å². The fraction of sp³-hybridized carbons (Fsp3) is 0.231. The first-order valence-corrected chi connectivity index (χ1v) is 6.91. The molecule has 0 saturated heterocycles. The van der Waals surface area contributed by atoms with Crippen LogP contribution in [-0.2, 0) is 7.05 Å². The Kier molecular flexibility index (Phi) is 4.41. The lowest BCUT2D eigenvalue weighted by molar-refractivity contribution is -0.384. The second-order valence-corrected chi connectivity index (χ2v) is 5.26. The number of aromatic nitrogens is 2. The number of anilines is 2. The SMILES string of the molecule is Cc1cccc(Cl)c1NN(C(N)=O)c1c([N+](=O)[O-])c(C)nn1C. The molecule has 0 atom stereocenters. The van der Waals surface area contributed by atoms with E-state index in [1.807, 2.05) is 0 Å². The van der Waals surface area contributed by atoms with Gasteiger partial charge in [-0.15, -0.1) is 0 Å². The molecular formula is C13H15ClN6O3. The van der Waals surface area contributed by atoms with Crippen molar-refractivity contribution in [3.05, 3.63) is 44.6 Å². The third-order valence-electron chi connectivity index (χ3n) is 3.22. The Morgan fingerprint density at radius 3 is 2.65 bits per heavy atom. The predicted molar refractivity (Wildman–Crippen MR) is 86.5 cm³/mol. The third kappa shape index (κ3) is 3.04. The van der Waals surface area contributed by atoms with Gasteiger partial charge in [0.1, 0.15) is 5.69 Å². The minimum Gasteiger partial charge on any atom is -0.350 e. The van der Waals surface area contributed by atoms with Crippen LogP contribution in [0, 0.1) is 24.0 Å². The zero-order valence-corrected chi connectivity index (χ0v) is 13.5. The van der Waals surface area contributed by atoms with Crippen molar-refractivity contribution in [1.82, 2.24) is 9.78 Å². The average molecular weight is 339 g/mol. The molecule has 1 aromatic heterocycles. The fourth-order valence-electron chi connectivity index (χ4n) is 2.20. The summed E-state index contributed by atoms with van der Waals surface area (Å²) in [6.45, 7) is 3.25. The Hall–Kier alpha value is -2.81. The maximum Gasteiger partial charge on any atom is 0.339 e. The number of primary amides is 1. The van der Waals surface area contributed by atoms with Gasteiger partial charge in [0.15, 0.2) is 0 Å². The summed E-state index contributed by atoms with van der Waals surface area (Å²) in [4.78, 5) is 22.5. The van der Waals surface area contributed by atoms with E-state index in [-0.39, 0.29) is 17.2 Å². The van der Waals surface area contributed by atoms with Crippen molar-refractivity contribution in [3.8, 4) is 0 Å². The molecule has 0 aliphatic heterocycles. The standard InChI is InChI=1S/C13H15ClN6O3/c1-7-5-4-6-9(14)10(7)17-19(13(15)21)12-11(20(22)23)8(2)16-18(12)3/h4-6,17H,1-3H3,(H2,15,21). The summed E-state index contributed by atoms with van der Waals surface area (Å²) in [5.41, 5.74) is 9.13. The number of carbonyl (C=O) groups excluding carboxylic acids is 1. The number of para-hydroxylation sites is 1. The van der Waals surface area contributed by atoms with Crippen LogP contribution in [-0.4, -0.2) is 20.7 Å². The summed E-state index contributed by atoms with van der Waals surface area (Å²) >= 11 is 6.12. The molecular weight excluding hydrogens is 324 g/mol. The van der Waals surface area contributed by atoms with Gasteiger partial charge >= 0.3 is 11.7 Å². The first-order chi connectivity index (χ1) is 10.7. The number of nitro groups is 1. The van der Waals surface area contributed by atoms with E-state index in [0.717, 1.165) is 10.6 Å². The normalized spacial score (nSPS) is 10.4. The highest BCUT2D eigenvalue weighted by Gasteiger charge is 2.31. The van der Waals surface area contributed by atoms with Gasteiger partial charge in [-0.1, -0.05) is 23.7 Å². The van der Waals surface area contributed by atoms with Crippen molar-refractivity contribution >= 4 is 34.8 Å². The van der Waals surface area contributed by atoms with Crippen molar-refractivity contribution in [2.75, 3.05) is 10.4 Å². The van der Waals surface area contributed by atoms with Gasteiger partial charge in [0.25, 0.3) is 0 Å². The molecule has 9 nitrogen and oxygen atoms in total. The number of nitrogens with one attached hydrogen (secondary N) is 1. The number of hydrogen-bond donors (Lipinski definition) is 2. The van der Waals surface area contributed by atoms with Crippen LogP contribution in [0.4, 0.5) is 22.0 Å². The van der Waals surface area contributed by atoms with Crippen molar-refractivity contribution in [2.45, 2.75) is 13.8 Å². The largest absolute Gasteiger partial charge is 0.350 e. The number of urea groups is 1. The van der Waals surface area contributed by atoms with Gasteiger partial charge in [-0.3, -0.25) is 15.5 Å². The molecule has 122 valence electrons. The highest BCUT2D eigenvalue weighted by molar-refractivity contribution is 6.33. The molecule has 0 aliphatic rings. The summed E-state index contributed by atoms with van der Waals surface area (Å²) in [7, 11) is 1.48. The van der Waals surface area contributed by atoms with Gasteiger partial charge in [-0.05, 0) is 25.5 Å². The minimum atomic E-state index is -0.935. The zero-order valence-electron chi connectivity index (χ0n) is 12.7. The first-order valence-electron chi connectivity index (χ1n) is 6.53. The van der Waals surface area contributed by atoms with Gasteiger partial charge in [0.05, 0.1) is 15.6 Å². The van der Waals surface area contributed by atoms with E-state index in [0.29, 0.717) is 10.7 Å². The summed E-state index contributed by atoms with van der Waals surface area (Å²) in [6.07, 6.45) is 0. The number of rotatable bonds is 4. The highest BCUT2D eigenvalue weighted by atomic mass is 35.5. The van der Waals surface area contributed by atoms with Crippen LogP contribution in [0.1, 0.15) is 11.3 Å². The molecule has 2 amide bonds. The Balaban J connectivity index is 2.57. The third-order valence-corrected chi connectivity index (χ3v) is 3.54. The van der Waals surface area contributed by atoms with Gasteiger partial charge in [0, 0.05) is 7.05 Å². The molecule has 0 spiro atoms. The van der Waals surface area contributed by atoms with E-state index >= 15 is 0 Å². The Morgan fingerprint density at radius 2 is 2.13 bits per heavy atom. The van der Waals surface area contributed by atoms with Gasteiger partial charge < -0.3 is 5.73 Å². The molecule has 10 heteroatoms. The summed E-state index contributed by atoms with van der Waals surface area (Å²) in [6, 6.07) is 4.21. The lowest BCUT2D eigenvalue weighted by atomic mass is 10.2. The van der Waals surface area contributed by atoms with Crippen molar-refractivity contribution in [3.63, 3.8) is 0 Å². The molecule has 0 unspecified atom stereocenters. The molecule has 1 heterocycles. The maximum absolute atomic E-state index is 11.8. The van der Waals surface area contributed by atoms with Crippen molar-refractivity contribution < 1.29 is 9.72 Å². The van der Waals surface area contributed by atoms with Crippen LogP contribution < -0.4 is 16.2 Å². The van der Waals surface area contributed by atoms with Crippen LogP contribution in [0.5, 0.6) is 0 Å². The van der Waals surface area contributed by atoms with Crippen LogP contribution in [0.2, 0.25) is 5.02 Å². The van der Waals surface area contributed by atoms with Crippen LogP contribution in [0.3, 0.4) is 0 Å². The van der Waals surface area contributed by atoms with Gasteiger partial charge in [-0.25, -0.2) is 9.48 Å². The molecule has 3 N–H and O–H groups in total. The number of hydrazine groups is 1. The molecule has 0 radical (unpaired) electrons. The maximum atomic E-state index is 11.8. The second-order valence-electron chi connectivity index (χ2n) is 4.86. The Bertz CT molecular complexity index is 768. The van der Waals surface area contributed by atoms with Gasteiger partial charge in [-0.2, -0.15) is 10.1 Å². The summed E-state index contributed by atoms with van der Waals surface area (Å²) < 4.78 is 1.21. The monoisotopic (exact) mass is 338 g/mol. The molecule has 0 saturated carbocycles. The number of hydrogen-bond acceptors (Lipinski definition) is 5. The first kappa shape index (κ1) is 16.6. The molecule has 2 rings (SSSR count). The predicted octanol–water partition coefficient (Wildman–Crippen LogP) is 2.51.